The molecule has 1 fully saturated rings. The maximum Gasteiger partial charge on any atom is 0.251 e. The Labute approximate surface area is 126 Å². The molecule has 0 unspecified atom stereocenters. The van der Waals surface area contributed by atoms with Gasteiger partial charge in [-0.25, -0.2) is 0 Å². The van der Waals surface area contributed by atoms with E-state index in [9.17, 15) is 9.59 Å². The summed E-state index contributed by atoms with van der Waals surface area (Å²) in [6, 6.07) is 6.90. The Morgan fingerprint density at radius 3 is 3.00 bits per heavy atom. The Balaban J connectivity index is 1.86. The van der Waals surface area contributed by atoms with Crippen LogP contribution in [-0.4, -0.2) is 47.0 Å². The maximum atomic E-state index is 11.9. The summed E-state index contributed by atoms with van der Waals surface area (Å²) >= 11 is 6.41. The highest BCUT2D eigenvalue weighted by Crippen LogP contribution is 2.18. The van der Waals surface area contributed by atoms with Gasteiger partial charge in [-0.3, -0.25) is 14.5 Å². The molecule has 0 spiro atoms. The monoisotopic (exact) mass is 310 g/mol. The molecule has 1 aromatic carbocycles. The van der Waals surface area contributed by atoms with Gasteiger partial charge in [0.05, 0.1) is 12.9 Å². The number of carbonyl (C=O) groups is 2. The number of nitrogens with zero attached hydrogens (tertiary/aromatic N) is 1. The van der Waals surface area contributed by atoms with E-state index in [-0.39, 0.29) is 11.8 Å². The predicted octanol–water partition coefficient (Wildman–Crippen LogP) is 1.29. The Morgan fingerprint density at radius 1 is 1.55 bits per heavy atom. The molecule has 0 saturated carbocycles. The van der Waals surface area contributed by atoms with Crippen LogP contribution in [0.3, 0.4) is 0 Å². The largest absolute Gasteiger partial charge is 0.497 e. The summed E-state index contributed by atoms with van der Waals surface area (Å²) < 4.78 is 5.64. The molecule has 2 amide bonds. The summed E-state index contributed by atoms with van der Waals surface area (Å²) in [4.78, 5) is 25.0. The number of methoxy groups -OCH3 is 1. The van der Waals surface area contributed by atoms with Gasteiger partial charge in [-0.1, -0.05) is 30.0 Å². The first kappa shape index (κ1) is 14.8. The van der Waals surface area contributed by atoms with E-state index < -0.39 is 0 Å². The summed E-state index contributed by atoms with van der Waals surface area (Å²) in [5.74, 6) is 0.817. The molecule has 106 valence electrons. The lowest BCUT2D eigenvalue weighted by Gasteiger charge is -2.15. The van der Waals surface area contributed by atoms with Crippen LogP contribution in [0.15, 0.2) is 24.3 Å². The van der Waals surface area contributed by atoms with E-state index in [1.54, 1.807) is 31.4 Å². The van der Waals surface area contributed by atoms with Gasteiger partial charge in [-0.15, -0.1) is 0 Å². The molecular weight excluding hydrogens is 296 g/mol. The smallest absolute Gasteiger partial charge is 0.251 e. The molecule has 2 rings (SSSR count). The highest BCUT2D eigenvalue weighted by atomic mass is 32.2. The minimum absolute atomic E-state index is 0.00405. The first-order chi connectivity index (χ1) is 9.61. The van der Waals surface area contributed by atoms with Gasteiger partial charge in [-0.05, 0) is 18.2 Å². The fourth-order valence-electron chi connectivity index (χ4n) is 1.74. The molecule has 0 bridgehead atoms. The minimum atomic E-state index is -0.200. The number of thioether (sulfide) groups is 1. The number of amides is 2. The third-order valence-electron chi connectivity index (χ3n) is 2.79. The molecule has 0 atom stereocenters. The zero-order valence-electron chi connectivity index (χ0n) is 10.9. The Morgan fingerprint density at radius 2 is 2.35 bits per heavy atom. The molecule has 0 aromatic heterocycles. The van der Waals surface area contributed by atoms with E-state index in [1.165, 1.54) is 16.7 Å². The van der Waals surface area contributed by atoms with Crippen molar-refractivity contribution in [1.29, 1.82) is 0 Å². The van der Waals surface area contributed by atoms with Crippen molar-refractivity contribution in [3.05, 3.63) is 29.8 Å². The average molecular weight is 310 g/mol. The van der Waals surface area contributed by atoms with Gasteiger partial charge in [0.25, 0.3) is 5.91 Å². The molecule has 1 saturated heterocycles. The number of nitrogens with one attached hydrogen (secondary N) is 1. The van der Waals surface area contributed by atoms with Gasteiger partial charge < -0.3 is 10.1 Å². The molecule has 0 aliphatic carbocycles. The lowest BCUT2D eigenvalue weighted by Crippen LogP contribution is -2.37. The van der Waals surface area contributed by atoms with E-state index in [1.807, 2.05) is 0 Å². The van der Waals surface area contributed by atoms with Crippen LogP contribution in [-0.2, 0) is 4.79 Å². The number of thiocarbonyl (C=S) groups is 1. The molecule has 7 heteroatoms. The zero-order valence-corrected chi connectivity index (χ0v) is 12.6. The maximum absolute atomic E-state index is 11.9. The van der Waals surface area contributed by atoms with Gasteiger partial charge in [0.15, 0.2) is 0 Å². The normalized spacial score (nSPS) is 14.6. The number of benzene rings is 1. The molecule has 1 N–H and O–H groups in total. The Bertz CT molecular complexity index is 532. The van der Waals surface area contributed by atoms with E-state index in [0.717, 1.165) is 0 Å². The Kier molecular flexibility index (Phi) is 4.97. The molecule has 1 aromatic rings. The topological polar surface area (TPSA) is 58.6 Å². The van der Waals surface area contributed by atoms with Gasteiger partial charge >= 0.3 is 0 Å². The summed E-state index contributed by atoms with van der Waals surface area (Å²) in [7, 11) is 1.55. The van der Waals surface area contributed by atoms with Gasteiger partial charge in [0.2, 0.25) is 5.91 Å². The summed E-state index contributed by atoms with van der Waals surface area (Å²) in [6.07, 6.45) is 0. The summed E-state index contributed by atoms with van der Waals surface area (Å²) in [5.41, 5.74) is 0.522. The molecule has 1 heterocycles. The highest BCUT2D eigenvalue weighted by Gasteiger charge is 2.25. The number of carbonyl (C=O) groups excluding carboxylic acids is 2. The van der Waals surface area contributed by atoms with Crippen LogP contribution in [0.25, 0.3) is 0 Å². The van der Waals surface area contributed by atoms with E-state index in [2.05, 4.69) is 5.32 Å². The molecule has 1 aliphatic rings. The van der Waals surface area contributed by atoms with Gasteiger partial charge in [-0.2, -0.15) is 0 Å². The standard InChI is InChI=1S/C13H14N2O3S2/c1-18-10-4-2-3-9(7-10)12(17)14-5-6-15-11(16)8-20-13(15)19/h2-4,7H,5-6,8H2,1H3,(H,14,17). The lowest BCUT2D eigenvalue weighted by atomic mass is 10.2. The summed E-state index contributed by atoms with van der Waals surface area (Å²) in [5, 5.41) is 2.76. The molecule has 20 heavy (non-hydrogen) atoms. The van der Waals surface area contributed by atoms with Crippen LogP contribution in [0, 0.1) is 0 Å². The van der Waals surface area contributed by atoms with Gasteiger partial charge in [0.1, 0.15) is 10.1 Å². The number of hydrogen-bond acceptors (Lipinski definition) is 5. The van der Waals surface area contributed by atoms with Crippen molar-refractivity contribution >= 4 is 40.1 Å². The van der Waals surface area contributed by atoms with E-state index in [0.29, 0.717) is 34.5 Å². The van der Waals surface area contributed by atoms with Gasteiger partial charge in [0, 0.05) is 18.7 Å². The highest BCUT2D eigenvalue weighted by molar-refractivity contribution is 8.23. The zero-order chi connectivity index (χ0) is 14.5. The Hall–Kier alpha value is -1.60. The third-order valence-corrected chi connectivity index (χ3v) is 4.23. The number of ether oxygens (including phenoxy) is 1. The van der Waals surface area contributed by atoms with Crippen LogP contribution in [0.5, 0.6) is 5.75 Å². The third kappa shape index (κ3) is 3.49. The van der Waals surface area contributed by atoms with Crippen molar-refractivity contribution in [2.45, 2.75) is 0 Å². The van der Waals surface area contributed by atoms with Crippen LogP contribution >= 0.6 is 24.0 Å². The second-order valence-electron chi connectivity index (χ2n) is 4.09. The second kappa shape index (κ2) is 6.71. The van der Waals surface area contributed by atoms with Crippen molar-refractivity contribution in [2.24, 2.45) is 0 Å². The first-order valence-electron chi connectivity index (χ1n) is 6.01. The predicted molar refractivity (Wildman–Crippen MR) is 82.1 cm³/mol. The van der Waals surface area contributed by atoms with E-state index in [4.69, 9.17) is 17.0 Å². The van der Waals surface area contributed by atoms with Crippen molar-refractivity contribution in [2.75, 3.05) is 26.0 Å². The van der Waals surface area contributed by atoms with Crippen LogP contribution in [0.4, 0.5) is 0 Å². The van der Waals surface area contributed by atoms with Crippen molar-refractivity contribution < 1.29 is 14.3 Å². The quantitative estimate of drug-likeness (QED) is 0.831. The fourth-order valence-corrected chi connectivity index (χ4v) is 2.87. The molecular formula is C13H14N2O3S2. The average Bonchev–Trinajstić information content (AvgIpc) is 2.79. The SMILES string of the molecule is COc1cccc(C(=O)NCCN2C(=O)CSC2=S)c1. The van der Waals surface area contributed by atoms with Crippen LogP contribution in [0.1, 0.15) is 10.4 Å². The number of rotatable bonds is 5. The molecule has 1 aliphatic heterocycles. The van der Waals surface area contributed by atoms with Crippen molar-refractivity contribution in [3.8, 4) is 5.75 Å². The van der Waals surface area contributed by atoms with Crippen molar-refractivity contribution in [1.82, 2.24) is 10.2 Å². The lowest BCUT2D eigenvalue weighted by molar-refractivity contribution is -0.123. The molecule has 0 radical (unpaired) electrons. The fraction of sp³-hybridized carbons (Fsp3) is 0.308. The second-order valence-corrected chi connectivity index (χ2v) is 5.70. The van der Waals surface area contributed by atoms with E-state index >= 15 is 0 Å². The first-order valence-corrected chi connectivity index (χ1v) is 7.40. The summed E-state index contributed by atoms with van der Waals surface area (Å²) in [6.45, 7) is 0.767. The number of hydrogen-bond donors (Lipinski definition) is 1. The molecule has 5 nitrogen and oxygen atoms in total. The van der Waals surface area contributed by atoms with Crippen molar-refractivity contribution in [3.63, 3.8) is 0 Å². The van der Waals surface area contributed by atoms with Crippen LogP contribution in [0.2, 0.25) is 0 Å². The minimum Gasteiger partial charge on any atom is -0.497 e. The van der Waals surface area contributed by atoms with Crippen LogP contribution < -0.4 is 10.1 Å².